The summed E-state index contributed by atoms with van der Waals surface area (Å²) in [5.74, 6) is 0.836. The van der Waals surface area contributed by atoms with Gasteiger partial charge in [0, 0.05) is 35.2 Å². The zero-order valence-corrected chi connectivity index (χ0v) is 13.1. The van der Waals surface area contributed by atoms with Gasteiger partial charge in [0.25, 0.3) is 0 Å². The van der Waals surface area contributed by atoms with Crippen LogP contribution in [0, 0.1) is 5.92 Å². The lowest BCUT2D eigenvalue weighted by atomic mass is 10.0. The van der Waals surface area contributed by atoms with Gasteiger partial charge in [-0.1, -0.05) is 29.3 Å². The summed E-state index contributed by atoms with van der Waals surface area (Å²) >= 11 is 12.3. The van der Waals surface area contributed by atoms with Crippen molar-refractivity contribution >= 4 is 23.2 Å². The topological polar surface area (TPSA) is 29.3 Å². The molecule has 1 unspecified atom stereocenters. The Morgan fingerprint density at radius 3 is 2.47 bits per heavy atom. The summed E-state index contributed by atoms with van der Waals surface area (Å²) in [6, 6.07) is 6.33. The summed E-state index contributed by atoms with van der Waals surface area (Å²) in [6.07, 6.45) is 2.68. The third kappa shape index (κ3) is 3.85. The Morgan fingerprint density at radius 1 is 1.32 bits per heavy atom. The van der Waals surface area contributed by atoms with Gasteiger partial charge in [-0.3, -0.25) is 4.90 Å². The summed E-state index contributed by atoms with van der Waals surface area (Å²) in [6.45, 7) is 6.12. The van der Waals surface area contributed by atoms with E-state index in [1.54, 1.807) is 6.07 Å². The quantitative estimate of drug-likeness (QED) is 0.856. The van der Waals surface area contributed by atoms with Gasteiger partial charge in [-0.05, 0) is 50.3 Å². The van der Waals surface area contributed by atoms with E-state index in [9.17, 15) is 0 Å². The predicted octanol–water partition coefficient (Wildman–Crippen LogP) is 4.11. The van der Waals surface area contributed by atoms with E-state index in [1.807, 2.05) is 12.1 Å². The Kier molecular flexibility index (Phi) is 5.13. The largest absolute Gasteiger partial charge is 0.329 e. The van der Waals surface area contributed by atoms with Crippen molar-refractivity contribution in [3.8, 4) is 0 Å². The van der Waals surface area contributed by atoms with Crippen LogP contribution < -0.4 is 5.73 Å². The Labute approximate surface area is 125 Å². The zero-order valence-electron chi connectivity index (χ0n) is 11.6. The standard InChI is InChI=1S/C15H22Cl2N2/c1-10(2)19(9-11-3-4-11)15(8-18)13-6-5-12(16)7-14(13)17/h5-7,10-11,15H,3-4,8-9,18H2,1-2H3. The minimum absolute atomic E-state index is 0.172. The van der Waals surface area contributed by atoms with Gasteiger partial charge in [0.2, 0.25) is 0 Å². The van der Waals surface area contributed by atoms with E-state index in [0.29, 0.717) is 22.6 Å². The molecule has 0 amide bonds. The van der Waals surface area contributed by atoms with E-state index < -0.39 is 0 Å². The number of nitrogens with two attached hydrogens (primary N) is 1. The first-order valence-corrected chi connectivity index (χ1v) is 7.69. The van der Waals surface area contributed by atoms with Crippen molar-refractivity contribution in [2.45, 2.75) is 38.8 Å². The molecule has 1 aliphatic rings. The van der Waals surface area contributed by atoms with Crippen molar-refractivity contribution < 1.29 is 0 Å². The van der Waals surface area contributed by atoms with Crippen LogP contribution in [0.2, 0.25) is 10.0 Å². The molecule has 0 saturated heterocycles. The number of halogens is 2. The highest BCUT2D eigenvalue weighted by molar-refractivity contribution is 6.35. The Balaban J connectivity index is 2.24. The van der Waals surface area contributed by atoms with Gasteiger partial charge in [0.1, 0.15) is 0 Å². The number of hydrogen-bond acceptors (Lipinski definition) is 2. The van der Waals surface area contributed by atoms with Crippen LogP contribution in [0.15, 0.2) is 18.2 Å². The SMILES string of the molecule is CC(C)N(CC1CC1)C(CN)c1ccc(Cl)cc1Cl. The summed E-state index contributed by atoms with van der Waals surface area (Å²) in [5.41, 5.74) is 7.10. The highest BCUT2D eigenvalue weighted by Gasteiger charge is 2.30. The molecule has 1 aliphatic carbocycles. The van der Waals surface area contributed by atoms with Crippen molar-refractivity contribution in [2.75, 3.05) is 13.1 Å². The van der Waals surface area contributed by atoms with E-state index in [-0.39, 0.29) is 6.04 Å². The molecular formula is C15H22Cl2N2. The molecule has 106 valence electrons. The Bertz CT molecular complexity index is 430. The van der Waals surface area contributed by atoms with Crippen LogP contribution >= 0.6 is 23.2 Å². The first kappa shape index (κ1) is 15.1. The van der Waals surface area contributed by atoms with Crippen molar-refractivity contribution in [3.05, 3.63) is 33.8 Å². The lowest BCUT2D eigenvalue weighted by molar-refractivity contribution is 0.150. The fourth-order valence-electron chi connectivity index (χ4n) is 2.51. The molecule has 2 N–H and O–H groups in total. The van der Waals surface area contributed by atoms with Crippen molar-refractivity contribution in [1.29, 1.82) is 0 Å². The van der Waals surface area contributed by atoms with Crippen LogP contribution in [-0.4, -0.2) is 24.0 Å². The van der Waals surface area contributed by atoms with Crippen LogP contribution in [0.25, 0.3) is 0 Å². The molecular weight excluding hydrogens is 279 g/mol. The molecule has 1 aromatic rings. The monoisotopic (exact) mass is 300 g/mol. The molecule has 0 heterocycles. The maximum absolute atomic E-state index is 6.34. The zero-order chi connectivity index (χ0) is 14.0. The maximum Gasteiger partial charge on any atom is 0.0488 e. The molecule has 4 heteroatoms. The smallest absolute Gasteiger partial charge is 0.0488 e. The fraction of sp³-hybridized carbons (Fsp3) is 0.600. The summed E-state index contributed by atoms with van der Waals surface area (Å²) in [5, 5.41) is 1.38. The van der Waals surface area contributed by atoms with Gasteiger partial charge >= 0.3 is 0 Å². The molecule has 0 spiro atoms. The molecule has 1 fully saturated rings. The lowest BCUT2D eigenvalue weighted by Gasteiger charge is -2.35. The van der Waals surface area contributed by atoms with Gasteiger partial charge in [0.05, 0.1) is 0 Å². The van der Waals surface area contributed by atoms with Gasteiger partial charge in [-0.25, -0.2) is 0 Å². The highest BCUT2D eigenvalue weighted by atomic mass is 35.5. The van der Waals surface area contributed by atoms with Gasteiger partial charge < -0.3 is 5.73 Å². The first-order valence-electron chi connectivity index (χ1n) is 6.93. The second-order valence-electron chi connectivity index (χ2n) is 5.65. The lowest BCUT2D eigenvalue weighted by Crippen LogP contribution is -2.40. The highest BCUT2D eigenvalue weighted by Crippen LogP contribution is 2.35. The molecule has 2 rings (SSSR count). The van der Waals surface area contributed by atoms with Crippen molar-refractivity contribution in [1.82, 2.24) is 4.90 Å². The minimum atomic E-state index is 0.172. The number of rotatable bonds is 6. The molecule has 19 heavy (non-hydrogen) atoms. The van der Waals surface area contributed by atoms with Gasteiger partial charge in [-0.15, -0.1) is 0 Å². The summed E-state index contributed by atoms with van der Waals surface area (Å²) < 4.78 is 0. The second kappa shape index (κ2) is 6.45. The molecule has 0 aromatic heterocycles. The van der Waals surface area contributed by atoms with Crippen molar-refractivity contribution in [3.63, 3.8) is 0 Å². The molecule has 0 radical (unpaired) electrons. The van der Waals surface area contributed by atoms with Gasteiger partial charge in [-0.2, -0.15) is 0 Å². The van der Waals surface area contributed by atoms with Crippen LogP contribution in [0.5, 0.6) is 0 Å². The van der Waals surface area contributed by atoms with Crippen LogP contribution in [0.1, 0.15) is 38.3 Å². The third-order valence-corrected chi connectivity index (χ3v) is 4.34. The molecule has 2 nitrogen and oxygen atoms in total. The average Bonchev–Trinajstić information content (AvgIpc) is 3.14. The van der Waals surface area contributed by atoms with E-state index in [1.165, 1.54) is 12.8 Å². The predicted molar refractivity (Wildman–Crippen MR) is 82.8 cm³/mol. The van der Waals surface area contributed by atoms with Crippen molar-refractivity contribution in [2.24, 2.45) is 11.7 Å². The minimum Gasteiger partial charge on any atom is -0.329 e. The third-order valence-electron chi connectivity index (χ3n) is 3.77. The average molecular weight is 301 g/mol. The number of hydrogen-bond donors (Lipinski definition) is 1. The Morgan fingerprint density at radius 2 is 2.00 bits per heavy atom. The molecule has 0 aliphatic heterocycles. The van der Waals surface area contributed by atoms with Gasteiger partial charge in [0.15, 0.2) is 0 Å². The van der Waals surface area contributed by atoms with Crippen LogP contribution in [0.3, 0.4) is 0 Å². The van der Waals surface area contributed by atoms with Crippen LogP contribution in [-0.2, 0) is 0 Å². The maximum atomic E-state index is 6.34. The molecule has 1 saturated carbocycles. The van der Waals surface area contributed by atoms with Crippen LogP contribution in [0.4, 0.5) is 0 Å². The molecule has 1 aromatic carbocycles. The Hall–Kier alpha value is -0.280. The first-order chi connectivity index (χ1) is 9.02. The number of nitrogens with zero attached hydrogens (tertiary/aromatic N) is 1. The summed E-state index contributed by atoms with van der Waals surface area (Å²) in [4.78, 5) is 2.47. The molecule has 0 bridgehead atoms. The molecule has 1 atom stereocenters. The van der Waals surface area contributed by atoms with E-state index in [2.05, 4.69) is 18.7 Å². The summed E-state index contributed by atoms with van der Waals surface area (Å²) in [7, 11) is 0. The fourth-order valence-corrected chi connectivity index (χ4v) is 3.04. The van der Waals surface area contributed by atoms with E-state index in [4.69, 9.17) is 28.9 Å². The normalized spacial score (nSPS) is 17.2. The van der Waals surface area contributed by atoms with E-state index in [0.717, 1.165) is 18.0 Å². The number of benzene rings is 1. The van der Waals surface area contributed by atoms with E-state index >= 15 is 0 Å². The second-order valence-corrected chi connectivity index (χ2v) is 6.49.